The number of ether oxygens (including phenoxy) is 2. The minimum atomic E-state index is -0.212. The van der Waals surface area contributed by atoms with Gasteiger partial charge in [0, 0.05) is 11.6 Å². The highest BCUT2D eigenvalue weighted by Gasteiger charge is 2.12. The van der Waals surface area contributed by atoms with Crippen molar-refractivity contribution in [3.8, 4) is 11.5 Å². The highest BCUT2D eigenvalue weighted by atomic mass is 79.9. The average molecular weight is 479 g/mol. The van der Waals surface area contributed by atoms with Crippen LogP contribution in [0.5, 0.6) is 11.5 Å². The summed E-state index contributed by atoms with van der Waals surface area (Å²) < 4.78 is 25.3. The van der Waals surface area contributed by atoms with Gasteiger partial charge in [-0.25, -0.2) is 4.39 Å². The summed E-state index contributed by atoms with van der Waals surface area (Å²) in [4.78, 5) is 0. The molecule has 3 nitrogen and oxygen atoms in total. The third kappa shape index (κ3) is 6.46. The Labute approximate surface area is 183 Å². The van der Waals surface area contributed by atoms with E-state index in [-0.39, 0.29) is 5.82 Å². The first-order valence-electron chi connectivity index (χ1n) is 9.24. The second-order valence-corrected chi connectivity index (χ2v) is 7.87. The maximum Gasteiger partial charge on any atom is 0.175 e. The zero-order valence-electron chi connectivity index (χ0n) is 16.1. The van der Waals surface area contributed by atoms with Gasteiger partial charge in [0.15, 0.2) is 11.5 Å². The Hall–Kier alpha value is -2.08. The van der Waals surface area contributed by atoms with Gasteiger partial charge in [-0.05, 0) is 82.0 Å². The smallest absolute Gasteiger partial charge is 0.175 e. The normalized spacial score (nSPS) is 10.8. The number of rotatable bonds is 9. The van der Waals surface area contributed by atoms with Crippen LogP contribution in [0.2, 0.25) is 5.02 Å². The van der Waals surface area contributed by atoms with Gasteiger partial charge < -0.3 is 14.8 Å². The second-order valence-electron chi connectivity index (χ2n) is 6.58. The van der Waals surface area contributed by atoms with Crippen molar-refractivity contribution >= 4 is 27.5 Å². The van der Waals surface area contributed by atoms with E-state index in [4.69, 9.17) is 21.1 Å². The quantitative estimate of drug-likeness (QED) is 0.374. The van der Waals surface area contributed by atoms with Crippen LogP contribution in [0.25, 0.3) is 0 Å². The summed E-state index contributed by atoms with van der Waals surface area (Å²) in [6.07, 6.45) is 0.833. The van der Waals surface area contributed by atoms with E-state index in [1.807, 2.05) is 48.5 Å². The van der Waals surface area contributed by atoms with Crippen LogP contribution < -0.4 is 14.8 Å². The van der Waals surface area contributed by atoms with E-state index in [0.717, 1.165) is 34.1 Å². The number of methoxy groups -OCH3 is 1. The Kier molecular flexibility index (Phi) is 7.92. The van der Waals surface area contributed by atoms with Crippen LogP contribution in [0.1, 0.15) is 16.7 Å². The van der Waals surface area contributed by atoms with E-state index in [2.05, 4.69) is 21.2 Å². The topological polar surface area (TPSA) is 30.5 Å². The molecule has 0 fully saturated rings. The molecule has 3 aromatic carbocycles. The molecule has 0 bridgehead atoms. The largest absolute Gasteiger partial charge is 0.493 e. The second kappa shape index (κ2) is 10.6. The van der Waals surface area contributed by atoms with Gasteiger partial charge in [-0.3, -0.25) is 0 Å². The third-order valence-corrected chi connectivity index (χ3v) is 5.22. The predicted octanol–water partition coefficient (Wildman–Crippen LogP) is 6.16. The zero-order chi connectivity index (χ0) is 20.6. The fraction of sp³-hybridized carbons (Fsp3) is 0.217. The molecule has 0 aromatic heterocycles. The van der Waals surface area contributed by atoms with Crippen LogP contribution in [-0.2, 0) is 19.6 Å². The first-order chi connectivity index (χ1) is 14.0. The van der Waals surface area contributed by atoms with Crippen molar-refractivity contribution in [2.45, 2.75) is 19.6 Å². The van der Waals surface area contributed by atoms with Crippen LogP contribution in [-0.4, -0.2) is 13.7 Å². The molecule has 3 rings (SSSR count). The van der Waals surface area contributed by atoms with Gasteiger partial charge in [-0.15, -0.1) is 0 Å². The van der Waals surface area contributed by atoms with Gasteiger partial charge in [-0.1, -0.05) is 35.9 Å². The van der Waals surface area contributed by atoms with Crippen LogP contribution >= 0.6 is 27.5 Å². The molecule has 0 saturated carbocycles. The summed E-state index contributed by atoms with van der Waals surface area (Å²) in [6, 6.07) is 18.1. The van der Waals surface area contributed by atoms with Crippen LogP contribution in [0.15, 0.2) is 65.1 Å². The van der Waals surface area contributed by atoms with Crippen LogP contribution in [0.3, 0.4) is 0 Å². The molecular weight excluding hydrogens is 457 g/mol. The fourth-order valence-corrected chi connectivity index (χ4v) is 3.73. The number of benzene rings is 3. The monoisotopic (exact) mass is 477 g/mol. The molecule has 152 valence electrons. The lowest BCUT2D eigenvalue weighted by molar-refractivity contribution is 0.282. The minimum Gasteiger partial charge on any atom is -0.493 e. The van der Waals surface area contributed by atoms with Gasteiger partial charge in [0.2, 0.25) is 0 Å². The van der Waals surface area contributed by atoms with Crippen molar-refractivity contribution in [3.05, 3.63) is 92.7 Å². The van der Waals surface area contributed by atoms with E-state index >= 15 is 0 Å². The maximum atomic E-state index is 13.0. The molecule has 0 spiro atoms. The lowest BCUT2D eigenvalue weighted by atomic mass is 10.1. The van der Waals surface area contributed by atoms with Crippen molar-refractivity contribution in [2.24, 2.45) is 0 Å². The third-order valence-electron chi connectivity index (χ3n) is 4.39. The van der Waals surface area contributed by atoms with E-state index in [9.17, 15) is 4.39 Å². The molecule has 0 unspecified atom stereocenters. The van der Waals surface area contributed by atoms with Crippen LogP contribution in [0.4, 0.5) is 4.39 Å². The Morgan fingerprint density at radius 2 is 1.79 bits per heavy atom. The van der Waals surface area contributed by atoms with Crippen LogP contribution in [0, 0.1) is 5.82 Å². The molecule has 0 radical (unpaired) electrons. The molecular formula is C23H22BrClFNO2. The predicted molar refractivity (Wildman–Crippen MR) is 118 cm³/mol. The summed E-state index contributed by atoms with van der Waals surface area (Å²) >= 11 is 9.62. The van der Waals surface area contributed by atoms with Gasteiger partial charge in [0.05, 0.1) is 11.6 Å². The molecule has 29 heavy (non-hydrogen) atoms. The number of hydrogen-bond donors (Lipinski definition) is 1. The maximum absolute atomic E-state index is 13.0. The molecule has 6 heteroatoms. The first-order valence-corrected chi connectivity index (χ1v) is 10.4. The van der Waals surface area contributed by atoms with Gasteiger partial charge in [0.25, 0.3) is 0 Å². The van der Waals surface area contributed by atoms with Crippen molar-refractivity contribution in [1.29, 1.82) is 0 Å². The summed E-state index contributed by atoms with van der Waals surface area (Å²) in [5, 5.41) is 4.08. The molecule has 1 N–H and O–H groups in total. The molecule has 0 atom stereocenters. The van der Waals surface area contributed by atoms with Crippen molar-refractivity contribution in [2.75, 3.05) is 13.7 Å². The number of halogens is 3. The first kappa shape index (κ1) is 21.6. The summed E-state index contributed by atoms with van der Waals surface area (Å²) in [6.45, 7) is 1.87. The minimum absolute atomic E-state index is 0.212. The molecule has 0 aliphatic heterocycles. The Balaban J connectivity index is 1.57. The van der Waals surface area contributed by atoms with E-state index in [1.54, 1.807) is 7.11 Å². The fourth-order valence-electron chi connectivity index (χ4n) is 2.91. The summed E-state index contributed by atoms with van der Waals surface area (Å²) in [5.41, 5.74) is 3.16. The molecule has 0 amide bonds. The Morgan fingerprint density at radius 1 is 1.00 bits per heavy atom. The SMILES string of the molecule is COc1cc(CNCCc2ccc(F)cc2)cc(Br)c1OCc1cccc(Cl)c1. The van der Waals surface area contributed by atoms with Crippen molar-refractivity contribution < 1.29 is 13.9 Å². The summed E-state index contributed by atoms with van der Waals surface area (Å²) in [7, 11) is 1.62. The molecule has 3 aromatic rings. The Bertz CT molecular complexity index is 950. The number of nitrogens with one attached hydrogen (secondary N) is 1. The van der Waals surface area contributed by atoms with Gasteiger partial charge >= 0.3 is 0 Å². The number of hydrogen-bond acceptors (Lipinski definition) is 3. The molecule has 0 heterocycles. The van der Waals surface area contributed by atoms with Gasteiger partial charge in [0.1, 0.15) is 12.4 Å². The van der Waals surface area contributed by atoms with E-state index in [1.165, 1.54) is 12.1 Å². The standard InChI is InChI=1S/C23H22BrClFNO2/c1-28-22-13-18(14-27-10-9-16-5-7-20(26)8-6-16)12-21(24)23(22)29-15-17-3-2-4-19(25)11-17/h2-8,11-13,27H,9-10,14-15H2,1H3. The molecule has 0 saturated heterocycles. The average Bonchev–Trinajstić information content (AvgIpc) is 2.71. The zero-order valence-corrected chi connectivity index (χ0v) is 18.4. The Morgan fingerprint density at radius 3 is 2.52 bits per heavy atom. The van der Waals surface area contributed by atoms with Crippen molar-refractivity contribution in [1.82, 2.24) is 5.32 Å². The highest BCUT2D eigenvalue weighted by molar-refractivity contribution is 9.10. The molecule has 0 aliphatic rings. The highest BCUT2D eigenvalue weighted by Crippen LogP contribution is 2.37. The van der Waals surface area contributed by atoms with Crippen molar-refractivity contribution in [3.63, 3.8) is 0 Å². The summed E-state index contributed by atoms with van der Waals surface area (Å²) in [5.74, 6) is 1.11. The van der Waals surface area contributed by atoms with E-state index in [0.29, 0.717) is 29.7 Å². The van der Waals surface area contributed by atoms with Gasteiger partial charge in [-0.2, -0.15) is 0 Å². The molecule has 0 aliphatic carbocycles. The lowest BCUT2D eigenvalue weighted by Gasteiger charge is -2.15. The lowest BCUT2D eigenvalue weighted by Crippen LogP contribution is -2.16. The van der Waals surface area contributed by atoms with E-state index < -0.39 is 0 Å².